The molecular formula is C26H20Co2O7. The zero-order valence-corrected chi connectivity index (χ0v) is 20.6. The monoisotopic (exact) mass is 562 g/mol. The van der Waals surface area contributed by atoms with Crippen LogP contribution in [0.25, 0.3) is 11.1 Å². The molecule has 0 N–H and O–H groups in total. The van der Waals surface area contributed by atoms with Gasteiger partial charge in [-0.1, -0.05) is 73.9 Å². The van der Waals surface area contributed by atoms with Gasteiger partial charge >= 0.3 is 67.8 Å². The predicted octanol–water partition coefficient (Wildman–Crippen LogP) is 4.43. The van der Waals surface area contributed by atoms with Gasteiger partial charge in [-0.15, -0.1) is 0 Å². The Balaban J connectivity index is -0.0000000982. The van der Waals surface area contributed by atoms with Crippen LogP contribution in [-0.2, 0) is 72.7 Å². The third kappa shape index (κ3) is 31.1. The van der Waals surface area contributed by atoms with Crippen molar-refractivity contribution in [3.05, 3.63) is 100 Å². The third-order valence-electron chi connectivity index (χ3n) is 3.31. The van der Waals surface area contributed by atoms with Gasteiger partial charge in [0, 0.05) is 46.4 Å². The van der Waals surface area contributed by atoms with Crippen molar-refractivity contribution in [1.29, 1.82) is 0 Å². The Morgan fingerprint density at radius 2 is 1.09 bits per heavy atom. The van der Waals surface area contributed by atoms with Gasteiger partial charge in [-0.25, -0.2) is 0 Å². The number of unbranched alkanes of at least 4 members (excludes halogenated alkanes) is 2. The van der Waals surface area contributed by atoms with Crippen molar-refractivity contribution in [1.82, 2.24) is 0 Å². The normalized spacial score (nSPS) is 6.20. The van der Waals surface area contributed by atoms with E-state index in [0.717, 1.165) is 24.8 Å². The van der Waals surface area contributed by atoms with Gasteiger partial charge < -0.3 is 0 Å². The van der Waals surface area contributed by atoms with Crippen LogP contribution in [0.5, 0.6) is 0 Å². The van der Waals surface area contributed by atoms with Crippen molar-refractivity contribution in [3.8, 4) is 23.0 Å². The molecule has 184 valence electrons. The molecular weight excluding hydrogens is 542 g/mol. The minimum atomic E-state index is -0.00133. The summed E-state index contributed by atoms with van der Waals surface area (Å²) < 4.78 is 45.0. The second-order valence-corrected chi connectivity index (χ2v) is 5.07. The molecule has 0 saturated heterocycles. The first-order chi connectivity index (χ1) is 16.3. The van der Waals surface area contributed by atoms with E-state index in [-0.39, 0.29) is 39.3 Å². The van der Waals surface area contributed by atoms with E-state index in [2.05, 4.69) is 82.9 Å². The third-order valence-corrected chi connectivity index (χ3v) is 3.31. The molecule has 2 aromatic carbocycles. The van der Waals surface area contributed by atoms with Crippen LogP contribution < -0.4 is 0 Å². The van der Waals surface area contributed by atoms with Crippen LogP contribution in [0.4, 0.5) is 0 Å². The van der Waals surface area contributed by atoms with Gasteiger partial charge in [0.15, 0.2) is 0 Å². The Morgan fingerprint density at radius 1 is 0.686 bits per heavy atom. The fourth-order valence-electron chi connectivity index (χ4n) is 2.10. The fraction of sp³-hybridized carbons (Fsp3) is 0.192. The Labute approximate surface area is 227 Å². The summed E-state index contributed by atoms with van der Waals surface area (Å²) in [5, 5.41) is 0. The zero-order valence-electron chi connectivity index (χ0n) is 18.5. The molecule has 0 bridgehead atoms. The number of hydrogen-bond acceptors (Lipinski definition) is 1. The molecule has 2 radical (unpaired) electrons. The number of ketones is 1. The summed E-state index contributed by atoms with van der Waals surface area (Å²) in [6, 6.07) is 18.4. The zero-order chi connectivity index (χ0) is 26.9. The summed E-state index contributed by atoms with van der Waals surface area (Å²) in [4.78, 5) is 11.8. The largest absolute Gasteiger partial charge is 0 e. The van der Waals surface area contributed by atoms with Crippen LogP contribution in [0, 0.1) is 51.7 Å². The molecule has 0 aromatic heterocycles. The molecule has 9 heteroatoms. The van der Waals surface area contributed by atoms with E-state index in [0.29, 0.717) is 6.42 Å². The van der Waals surface area contributed by atoms with Crippen LogP contribution in [0.15, 0.2) is 54.6 Å². The van der Waals surface area contributed by atoms with Crippen molar-refractivity contribution >= 4 is 5.78 Å². The Morgan fingerprint density at radius 3 is 1.49 bits per heavy atom. The van der Waals surface area contributed by atoms with Crippen LogP contribution >= 0.6 is 0 Å². The quantitative estimate of drug-likeness (QED) is 0.172. The standard InChI is InChI=1S/C20H20O.6CO.2Co/c1-2-3-4-8-11-20(21)16-17-12-14-19(15-13-17)18-9-6-5-7-10-18;6*1-2;;/h5-7,9-10,12-15H,2-4,16H2,1H3;;;;;;;;. The molecule has 0 unspecified atom stereocenters. The average molecular weight is 562 g/mol. The van der Waals surface area contributed by atoms with Crippen molar-refractivity contribution in [2.75, 3.05) is 0 Å². The second-order valence-electron chi connectivity index (χ2n) is 5.07. The first kappa shape index (κ1) is 49.3. The molecule has 0 fully saturated rings. The summed E-state index contributed by atoms with van der Waals surface area (Å²) in [7, 11) is 0. The Hall–Kier alpha value is -2.88. The second kappa shape index (κ2) is 48.5. The van der Waals surface area contributed by atoms with Crippen LogP contribution in [0.2, 0.25) is 0 Å². The van der Waals surface area contributed by atoms with Gasteiger partial charge in [-0.05, 0) is 29.0 Å². The molecule has 0 aliphatic heterocycles. The Bertz CT molecular complexity index is 853. The predicted molar refractivity (Wildman–Crippen MR) is 111 cm³/mol. The van der Waals surface area contributed by atoms with E-state index in [9.17, 15) is 4.79 Å². The number of Topliss-reactive ketones (excluding diaryl/α,β-unsaturated/α-hetero) is 1. The summed E-state index contributed by atoms with van der Waals surface area (Å²) >= 11 is 0. The van der Waals surface area contributed by atoms with Crippen molar-refractivity contribution in [2.45, 2.75) is 32.6 Å². The minimum Gasteiger partial charge on any atom is 0 e. The summed E-state index contributed by atoms with van der Waals surface area (Å²) in [5.74, 6) is 5.67. The SMILES string of the molecule is CCCCC#CC(=O)Cc1ccc(-c2ccccc2)cc1.[C-]#[O+].[C-]#[O+].[C-]#[O+].[C-]#[O+].[C-]#[O+].[C-]#[O+].[Co].[Co]. The van der Waals surface area contributed by atoms with Crippen molar-refractivity contribution in [2.24, 2.45) is 0 Å². The van der Waals surface area contributed by atoms with E-state index >= 15 is 0 Å². The maximum Gasteiger partial charge on any atom is 0 e. The van der Waals surface area contributed by atoms with E-state index in [1.165, 1.54) is 11.1 Å². The molecule has 2 aromatic rings. The van der Waals surface area contributed by atoms with Gasteiger partial charge in [0.25, 0.3) is 0 Å². The topological polar surface area (TPSA) is 136 Å². The van der Waals surface area contributed by atoms with Crippen LogP contribution in [0.1, 0.15) is 31.7 Å². The molecule has 0 aliphatic rings. The van der Waals surface area contributed by atoms with Crippen molar-refractivity contribution < 1.29 is 66.3 Å². The first-order valence-electron chi connectivity index (χ1n) is 8.68. The van der Waals surface area contributed by atoms with Gasteiger partial charge in [0.05, 0.1) is 0 Å². The van der Waals surface area contributed by atoms with E-state index < -0.39 is 0 Å². The van der Waals surface area contributed by atoms with E-state index in [1.807, 2.05) is 30.3 Å². The van der Waals surface area contributed by atoms with Crippen LogP contribution in [0.3, 0.4) is 0 Å². The number of carbonyl (C=O) groups excluding carboxylic acids is 1. The number of benzene rings is 2. The molecule has 0 aliphatic carbocycles. The molecule has 7 nitrogen and oxygen atoms in total. The maximum atomic E-state index is 11.8. The van der Waals surface area contributed by atoms with Gasteiger partial charge in [-0.3, -0.25) is 4.79 Å². The van der Waals surface area contributed by atoms with E-state index in [4.69, 9.17) is 27.9 Å². The molecule has 35 heavy (non-hydrogen) atoms. The summed E-state index contributed by atoms with van der Waals surface area (Å²) in [6.07, 6.45) is 3.39. The first-order valence-corrected chi connectivity index (χ1v) is 8.68. The van der Waals surface area contributed by atoms with Gasteiger partial charge in [0.1, 0.15) is 0 Å². The van der Waals surface area contributed by atoms with Crippen LogP contribution in [-0.4, -0.2) is 5.78 Å². The van der Waals surface area contributed by atoms with Crippen molar-refractivity contribution in [3.63, 3.8) is 0 Å². The molecule has 0 amide bonds. The van der Waals surface area contributed by atoms with E-state index in [1.54, 1.807) is 0 Å². The maximum absolute atomic E-state index is 11.8. The molecule has 0 spiro atoms. The summed E-state index contributed by atoms with van der Waals surface area (Å²) in [6.45, 7) is 29.1. The number of rotatable bonds is 5. The average Bonchev–Trinajstić information content (AvgIpc) is 2.94. The van der Waals surface area contributed by atoms with Gasteiger partial charge in [-0.2, -0.15) is 0 Å². The Kier molecular flexibility index (Phi) is 68.4. The molecule has 0 heterocycles. The molecule has 0 atom stereocenters. The van der Waals surface area contributed by atoms with Gasteiger partial charge in [0.2, 0.25) is 5.78 Å². The number of hydrogen-bond donors (Lipinski definition) is 0. The summed E-state index contributed by atoms with van der Waals surface area (Å²) in [5.41, 5.74) is 3.38. The molecule has 2 rings (SSSR count). The number of carbonyl (C=O) groups is 1. The smallest absolute Gasteiger partial charge is 0 e. The molecule has 0 saturated carbocycles. The minimum absolute atomic E-state index is 0. The fourth-order valence-corrected chi connectivity index (χ4v) is 2.10.